The lowest BCUT2D eigenvalue weighted by Crippen LogP contribution is -2.52. The monoisotopic (exact) mass is 289 g/mol. The van der Waals surface area contributed by atoms with Gasteiger partial charge in [0.2, 0.25) is 5.91 Å². The van der Waals surface area contributed by atoms with Gasteiger partial charge in [0.05, 0.1) is 17.8 Å². The van der Waals surface area contributed by atoms with Crippen molar-refractivity contribution in [2.24, 2.45) is 0 Å². The van der Waals surface area contributed by atoms with Gasteiger partial charge >= 0.3 is 0 Å². The molecule has 2 saturated heterocycles. The van der Waals surface area contributed by atoms with Crippen molar-refractivity contribution in [1.82, 2.24) is 14.8 Å². The van der Waals surface area contributed by atoms with Crippen LogP contribution in [0.2, 0.25) is 0 Å². The summed E-state index contributed by atoms with van der Waals surface area (Å²) in [5.74, 6) is 0.102. The van der Waals surface area contributed by atoms with Gasteiger partial charge in [-0.15, -0.1) is 0 Å². The molecule has 2 aliphatic heterocycles. The van der Waals surface area contributed by atoms with E-state index in [1.807, 2.05) is 24.2 Å². The van der Waals surface area contributed by atoms with Gasteiger partial charge in [-0.1, -0.05) is 6.07 Å². The third-order valence-corrected chi connectivity index (χ3v) is 4.70. The molecule has 0 saturated carbocycles. The van der Waals surface area contributed by atoms with Crippen molar-refractivity contribution in [3.05, 3.63) is 29.6 Å². The fraction of sp³-hybridized carbons (Fsp3) is 0.625. The molecule has 1 amide bonds. The zero-order valence-electron chi connectivity index (χ0n) is 12.8. The van der Waals surface area contributed by atoms with Gasteiger partial charge in [0, 0.05) is 32.9 Å². The number of rotatable bonds is 2. The molecule has 5 nitrogen and oxygen atoms in total. The molecule has 21 heavy (non-hydrogen) atoms. The predicted octanol–water partition coefficient (Wildman–Crippen LogP) is 1.21. The molecule has 0 bridgehead atoms. The van der Waals surface area contributed by atoms with E-state index in [9.17, 15) is 4.79 Å². The number of carbonyl (C=O) groups excluding carboxylic acids is 1. The van der Waals surface area contributed by atoms with Crippen LogP contribution in [0.25, 0.3) is 0 Å². The Hall–Kier alpha value is -1.46. The number of aryl methyl sites for hydroxylation is 1. The zero-order chi connectivity index (χ0) is 14.8. The summed E-state index contributed by atoms with van der Waals surface area (Å²) in [6, 6.07) is 4.31. The normalized spacial score (nSPS) is 27.3. The molecule has 2 atom stereocenters. The Morgan fingerprint density at radius 3 is 3.00 bits per heavy atom. The van der Waals surface area contributed by atoms with Crippen LogP contribution in [0.5, 0.6) is 0 Å². The van der Waals surface area contributed by atoms with Crippen molar-refractivity contribution in [2.75, 3.05) is 26.7 Å². The van der Waals surface area contributed by atoms with Gasteiger partial charge in [-0.3, -0.25) is 14.7 Å². The summed E-state index contributed by atoms with van der Waals surface area (Å²) in [5, 5.41) is 0. The van der Waals surface area contributed by atoms with Crippen LogP contribution in [0, 0.1) is 6.92 Å². The largest absolute Gasteiger partial charge is 0.366 e. The number of amides is 1. The van der Waals surface area contributed by atoms with Crippen LogP contribution in [0.4, 0.5) is 0 Å². The summed E-state index contributed by atoms with van der Waals surface area (Å²) in [6.45, 7) is 5.20. The molecule has 0 aliphatic carbocycles. The molecule has 3 rings (SSSR count). The summed E-state index contributed by atoms with van der Waals surface area (Å²) in [6.07, 6.45) is 3.99. The number of aromatic nitrogens is 1. The second-order valence-electron chi connectivity index (χ2n) is 6.04. The third-order valence-electron chi connectivity index (χ3n) is 4.70. The zero-order valence-corrected chi connectivity index (χ0v) is 12.8. The summed E-state index contributed by atoms with van der Waals surface area (Å²) in [7, 11) is 1.90. The highest BCUT2D eigenvalue weighted by Crippen LogP contribution is 2.24. The number of hydrogen-bond acceptors (Lipinski definition) is 4. The van der Waals surface area contributed by atoms with E-state index < -0.39 is 0 Å². The molecule has 1 aromatic rings. The molecule has 5 heteroatoms. The number of morpholine rings is 1. The summed E-state index contributed by atoms with van der Waals surface area (Å²) >= 11 is 0. The number of likely N-dealkylation sites (N-methyl/N-ethyl adjacent to an activating group) is 1. The summed E-state index contributed by atoms with van der Waals surface area (Å²) < 4.78 is 5.73. The van der Waals surface area contributed by atoms with Crippen molar-refractivity contribution in [3.8, 4) is 0 Å². The molecule has 0 radical (unpaired) electrons. The van der Waals surface area contributed by atoms with E-state index >= 15 is 0 Å². The molecule has 114 valence electrons. The fourth-order valence-electron chi connectivity index (χ4n) is 3.27. The van der Waals surface area contributed by atoms with Crippen LogP contribution < -0.4 is 0 Å². The molecule has 0 N–H and O–H groups in total. The second-order valence-corrected chi connectivity index (χ2v) is 6.04. The number of fused-ring (bicyclic) bond motifs is 1. The molecule has 2 fully saturated rings. The number of ether oxygens (including phenoxy) is 1. The molecule has 0 spiro atoms. The molecule has 0 unspecified atom stereocenters. The summed E-state index contributed by atoms with van der Waals surface area (Å²) in [4.78, 5) is 20.5. The van der Waals surface area contributed by atoms with E-state index in [1.165, 1.54) is 5.56 Å². The molecular formula is C16H23N3O2. The maximum atomic E-state index is 11.8. The van der Waals surface area contributed by atoms with Crippen molar-refractivity contribution < 1.29 is 9.53 Å². The number of hydrogen-bond donors (Lipinski definition) is 0. The van der Waals surface area contributed by atoms with E-state index in [0.29, 0.717) is 0 Å². The summed E-state index contributed by atoms with van der Waals surface area (Å²) in [5.41, 5.74) is 2.38. The molecule has 2 aliphatic rings. The molecule has 3 heterocycles. The van der Waals surface area contributed by atoms with Crippen LogP contribution in [-0.4, -0.2) is 59.6 Å². The van der Waals surface area contributed by atoms with Gasteiger partial charge in [-0.05, 0) is 31.4 Å². The lowest BCUT2D eigenvalue weighted by molar-refractivity contribution is -0.154. The Morgan fingerprint density at radius 1 is 1.38 bits per heavy atom. The van der Waals surface area contributed by atoms with E-state index in [2.05, 4.69) is 22.9 Å². The van der Waals surface area contributed by atoms with Crippen LogP contribution >= 0.6 is 0 Å². The lowest BCUT2D eigenvalue weighted by Gasteiger charge is -2.37. The van der Waals surface area contributed by atoms with Gasteiger partial charge in [-0.2, -0.15) is 0 Å². The topological polar surface area (TPSA) is 45.7 Å². The van der Waals surface area contributed by atoms with Crippen LogP contribution in [0.1, 0.15) is 24.1 Å². The van der Waals surface area contributed by atoms with Crippen molar-refractivity contribution in [3.63, 3.8) is 0 Å². The average molecular weight is 289 g/mol. The minimum Gasteiger partial charge on any atom is -0.366 e. The van der Waals surface area contributed by atoms with Crippen molar-refractivity contribution in [1.29, 1.82) is 0 Å². The standard InChI is InChI=1S/C16H23N3O2/c1-12-4-3-7-17-13(12)10-19-8-5-14-15(6-9-19)21-11-16(20)18(14)2/h3-4,7,14-15H,5-6,8-11H2,1-2H3/t14-,15-/m0/s1. The first-order chi connectivity index (χ1) is 10.1. The van der Waals surface area contributed by atoms with Gasteiger partial charge < -0.3 is 9.64 Å². The molecular weight excluding hydrogens is 266 g/mol. The van der Waals surface area contributed by atoms with Gasteiger partial charge in [0.25, 0.3) is 0 Å². The van der Waals surface area contributed by atoms with Crippen molar-refractivity contribution >= 4 is 5.91 Å². The molecule has 1 aromatic heterocycles. The number of carbonyl (C=O) groups is 1. The van der Waals surface area contributed by atoms with E-state index in [-0.39, 0.29) is 24.7 Å². The molecule has 0 aromatic carbocycles. The van der Waals surface area contributed by atoms with E-state index in [1.54, 1.807) is 0 Å². The van der Waals surface area contributed by atoms with E-state index in [0.717, 1.165) is 38.2 Å². The quantitative estimate of drug-likeness (QED) is 0.821. The van der Waals surface area contributed by atoms with E-state index in [4.69, 9.17) is 4.74 Å². The first-order valence-corrected chi connectivity index (χ1v) is 7.65. The van der Waals surface area contributed by atoms with Gasteiger partial charge in [-0.25, -0.2) is 0 Å². The Balaban J connectivity index is 1.66. The second kappa shape index (κ2) is 6.12. The van der Waals surface area contributed by atoms with Crippen LogP contribution in [0.15, 0.2) is 18.3 Å². The Labute approximate surface area is 125 Å². The van der Waals surface area contributed by atoms with Gasteiger partial charge in [0.1, 0.15) is 6.61 Å². The highest BCUT2D eigenvalue weighted by Gasteiger charge is 2.36. The average Bonchev–Trinajstić information content (AvgIpc) is 2.69. The lowest BCUT2D eigenvalue weighted by atomic mass is 10.0. The minimum atomic E-state index is 0.102. The number of likely N-dealkylation sites (tertiary alicyclic amines) is 1. The number of pyridine rings is 1. The smallest absolute Gasteiger partial charge is 0.248 e. The Bertz CT molecular complexity index is 520. The Morgan fingerprint density at radius 2 is 2.19 bits per heavy atom. The first kappa shape index (κ1) is 14.5. The predicted molar refractivity (Wildman–Crippen MR) is 79.8 cm³/mol. The first-order valence-electron chi connectivity index (χ1n) is 7.65. The highest BCUT2D eigenvalue weighted by molar-refractivity contribution is 5.78. The highest BCUT2D eigenvalue weighted by atomic mass is 16.5. The van der Waals surface area contributed by atoms with Crippen LogP contribution in [-0.2, 0) is 16.1 Å². The SMILES string of the molecule is Cc1cccnc1CN1CC[C@@H]2OCC(=O)N(C)[C@H]2CC1. The number of nitrogens with zero attached hydrogens (tertiary/aromatic N) is 3. The third kappa shape index (κ3) is 3.09. The minimum absolute atomic E-state index is 0.102. The van der Waals surface area contributed by atoms with Crippen LogP contribution in [0.3, 0.4) is 0 Å². The van der Waals surface area contributed by atoms with Crippen molar-refractivity contribution in [2.45, 2.75) is 38.5 Å². The maximum Gasteiger partial charge on any atom is 0.248 e. The van der Waals surface area contributed by atoms with Gasteiger partial charge in [0.15, 0.2) is 0 Å². The Kier molecular flexibility index (Phi) is 4.22. The fourth-order valence-corrected chi connectivity index (χ4v) is 3.27. The maximum absolute atomic E-state index is 11.8.